The Labute approximate surface area is 149 Å². The van der Waals surface area contributed by atoms with E-state index in [2.05, 4.69) is 20.5 Å². The quantitative estimate of drug-likeness (QED) is 0.664. The van der Waals surface area contributed by atoms with E-state index in [4.69, 9.17) is 10.5 Å². The number of hydrogen-bond donors (Lipinski definition) is 3. The number of nitrogens with zero attached hydrogens (tertiary/aromatic N) is 2. The molecule has 0 radical (unpaired) electrons. The SMILES string of the molecule is COc1ccc(C(N)c2nc3ccc(C4C=NNC4)cc3c(=O)[nH]2)cc1. The molecule has 1 aliphatic heterocycles. The lowest BCUT2D eigenvalue weighted by Gasteiger charge is -2.13. The van der Waals surface area contributed by atoms with E-state index >= 15 is 0 Å². The molecular formula is C19H19N5O2. The van der Waals surface area contributed by atoms with E-state index in [1.165, 1.54) is 0 Å². The molecule has 3 aromatic rings. The number of nitrogens with two attached hydrogens (primary N) is 1. The molecule has 0 amide bonds. The summed E-state index contributed by atoms with van der Waals surface area (Å²) in [5.74, 6) is 1.35. The molecule has 1 aliphatic rings. The monoisotopic (exact) mass is 349 g/mol. The lowest BCUT2D eigenvalue weighted by molar-refractivity contribution is 0.414. The molecule has 2 unspecified atom stereocenters. The molecule has 2 aromatic carbocycles. The van der Waals surface area contributed by atoms with Crippen LogP contribution in [0.1, 0.15) is 28.9 Å². The van der Waals surface area contributed by atoms with Crippen LogP contribution >= 0.6 is 0 Å². The molecule has 1 aromatic heterocycles. The molecule has 7 nitrogen and oxygen atoms in total. The number of aromatic nitrogens is 2. The van der Waals surface area contributed by atoms with Gasteiger partial charge in [-0.25, -0.2) is 4.98 Å². The maximum absolute atomic E-state index is 12.6. The minimum absolute atomic E-state index is 0.167. The molecule has 2 heterocycles. The fraction of sp³-hybridized carbons (Fsp3) is 0.211. The van der Waals surface area contributed by atoms with Crippen LogP contribution in [-0.2, 0) is 0 Å². The molecule has 0 saturated carbocycles. The van der Waals surface area contributed by atoms with Gasteiger partial charge in [0, 0.05) is 18.7 Å². The zero-order chi connectivity index (χ0) is 18.1. The number of nitrogens with one attached hydrogen (secondary N) is 2. The van der Waals surface area contributed by atoms with Crippen molar-refractivity contribution in [1.29, 1.82) is 0 Å². The van der Waals surface area contributed by atoms with E-state index in [0.29, 0.717) is 16.7 Å². The van der Waals surface area contributed by atoms with Crippen molar-refractivity contribution in [2.45, 2.75) is 12.0 Å². The molecule has 0 aliphatic carbocycles. The molecule has 7 heteroatoms. The highest BCUT2D eigenvalue weighted by atomic mass is 16.5. The van der Waals surface area contributed by atoms with Crippen molar-refractivity contribution in [3.63, 3.8) is 0 Å². The second kappa shape index (κ2) is 6.61. The summed E-state index contributed by atoms with van der Waals surface area (Å²) in [5, 5.41) is 4.57. The first-order valence-corrected chi connectivity index (χ1v) is 8.35. The number of aromatic amines is 1. The van der Waals surface area contributed by atoms with Crippen LogP contribution in [0, 0.1) is 0 Å². The van der Waals surface area contributed by atoms with Crippen LogP contribution in [0.15, 0.2) is 52.4 Å². The minimum Gasteiger partial charge on any atom is -0.497 e. The number of methoxy groups -OCH3 is 1. The summed E-state index contributed by atoms with van der Waals surface area (Å²) in [7, 11) is 1.61. The Morgan fingerprint density at radius 1 is 1.23 bits per heavy atom. The van der Waals surface area contributed by atoms with Gasteiger partial charge in [0.15, 0.2) is 0 Å². The highest BCUT2D eigenvalue weighted by Gasteiger charge is 2.17. The maximum Gasteiger partial charge on any atom is 0.258 e. The van der Waals surface area contributed by atoms with Crippen molar-refractivity contribution in [1.82, 2.24) is 15.4 Å². The van der Waals surface area contributed by atoms with E-state index in [1.54, 1.807) is 7.11 Å². The van der Waals surface area contributed by atoms with Gasteiger partial charge in [-0.1, -0.05) is 18.2 Å². The summed E-state index contributed by atoms with van der Waals surface area (Å²) >= 11 is 0. The second-order valence-corrected chi connectivity index (χ2v) is 6.23. The normalized spacial score (nSPS) is 17.2. The maximum atomic E-state index is 12.6. The van der Waals surface area contributed by atoms with Gasteiger partial charge < -0.3 is 20.9 Å². The van der Waals surface area contributed by atoms with Crippen LogP contribution in [0.25, 0.3) is 10.9 Å². The van der Waals surface area contributed by atoms with Crippen LogP contribution in [0.3, 0.4) is 0 Å². The summed E-state index contributed by atoms with van der Waals surface area (Å²) in [6.07, 6.45) is 1.84. The predicted octanol–water partition coefficient (Wildman–Crippen LogP) is 1.65. The first kappa shape index (κ1) is 16.3. The van der Waals surface area contributed by atoms with Crippen molar-refractivity contribution in [3.05, 3.63) is 69.8 Å². The average molecular weight is 349 g/mol. The number of H-pyrrole nitrogens is 1. The van der Waals surface area contributed by atoms with Crippen LogP contribution in [0.2, 0.25) is 0 Å². The lowest BCUT2D eigenvalue weighted by atomic mass is 9.99. The first-order chi connectivity index (χ1) is 12.7. The zero-order valence-corrected chi connectivity index (χ0v) is 14.3. The molecule has 4 rings (SSSR count). The van der Waals surface area contributed by atoms with Gasteiger partial charge in [0.25, 0.3) is 5.56 Å². The van der Waals surface area contributed by atoms with Crippen LogP contribution in [-0.4, -0.2) is 29.8 Å². The van der Waals surface area contributed by atoms with E-state index in [0.717, 1.165) is 23.4 Å². The Morgan fingerprint density at radius 2 is 2.04 bits per heavy atom. The van der Waals surface area contributed by atoms with E-state index < -0.39 is 6.04 Å². The Hall–Kier alpha value is -3.19. The Bertz CT molecular complexity index is 1030. The van der Waals surface area contributed by atoms with Crippen molar-refractivity contribution in [2.75, 3.05) is 13.7 Å². The van der Waals surface area contributed by atoms with Gasteiger partial charge in [-0.3, -0.25) is 4.79 Å². The van der Waals surface area contributed by atoms with Crippen molar-refractivity contribution < 1.29 is 4.74 Å². The predicted molar refractivity (Wildman–Crippen MR) is 101 cm³/mol. The Balaban J connectivity index is 1.71. The van der Waals surface area contributed by atoms with Gasteiger partial charge in [-0.15, -0.1) is 0 Å². The molecule has 132 valence electrons. The highest BCUT2D eigenvalue weighted by molar-refractivity contribution is 5.80. The fourth-order valence-corrected chi connectivity index (χ4v) is 3.07. The van der Waals surface area contributed by atoms with Crippen molar-refractivity contribution in [2.24, 2.45) is 10.8 Å². The van der Waals surface area contributed by atoms with Crippen LogP contribution < -0.4 is 21.5 Å². The second-order valence-electron chi connectivity index (χ2n) is 6.23. The Kier molecular flexibility index (Phi) is 4.14. The molecular weight excluding hydrogens is 330 g/mol. The lowest BCUT2D eigenvalue weighted by Crippen LogP contribution is -2.21. The number of hydrogen-bond acceptors (Lipinski definition) is 6. The highest BCUT2D eigenvalue weighted by Crippen LogP contribution is 2.22. The molecule has 0 saturated heterocycles. The smallest absolute Gasteiger partial charge is 0.258 e. The van der Waals surface area contributed by atoms with Gasteiger partial charge >= 0.3 is 0 Å². The van der Waals surface area contributed by atoms with Gasteiger partial charge in [-0.05, 0) is 35.4 Å². The summed E-state index contributed by atoms with van der Waals surface area (Å²) < 4.78 is 5.16. The van der Waals surface area contributed by atoms with Crippen molar-refractivity contribution >= 4 is 17.1 Å². The van der Waals surface area contributed by atoms with Crippen LogP contribution in [0.5, 0.6) is 5.75 Å². The van der Waals surface area contributed by atoms with Gasteiger partial charge in [0.05, 0.1) is 24.1 Å². The van der Waals surface area contributed by atoms with Gasteiger partial charge in [-0.2, -0.15) is 5.10 Å². The molecule has 0 bridgehead atoms. The summed E-state index contributed by atoms with van der Waals surface area (Å²) in [6.45, 7) is 0.733. The third-order valence-electron chi connectivity index (χ3n) is 4.60. The van der Waals surface area contributed by atoms with Crippen LogP contribution in [0.4, 0.5) is 0 Å². The average Bonchev–Trinajstić information content (AvgIpc) is 3.22. The third-order valence-corrected chi connectivity index (χ3v) is 4.60. The van der Waals surface area contributed by atoms with Gasteiger partial charge in [0.2, 0.25) is 0 Å². The Morgan fingerprint density at radius 3 is 2.73 bits per heavy atom. The number of fused-ring (bicyclic) bond motifs is 1. The third kappa shape index (κ3) is 2.93. The number of benzene rings is 2. The first-order valence-electron chi connectivity index (χ1n) is 8.35. The fourth-order valence-electron chi connectivity index (χ4n) is 3.07. The number of hydrazone groups is 1. The molecule has 0 spiro atoms. The summed E-state index contributed by atoms with van der Waals surface area (Å²) in [5.41, 5.74) is 11.5. The summed E-state index contributed by atoms with van der Waals surface area (Å²) in [4.78, 5) is 20.0. The summed E-state index contributed by atoms with van der Waals surface area (Å²) in [6, 6.07) is 12.6. The number of ether oxygens (including phenoxy) is 1. The molecule has 4 N–H and O–H groups in total. The zero-order valence-electron chi connectivity index (χ0n) is 14.3. The topological polar surface area (TPSA) is 105 Å². The molecule has 0 fully saturated rings. The minimum atomic E-state index is -0.524. The van der Waals surface area contributed by atoms with Gasteiger partial charge in [0.1, 0.15) is 11.6 Å². The number of rotatable bonds is 4. The van der Waals surface area contributed by atoms with E-state index in [1.807, 2.05) is 48.7 Å². The standard InChI is InChI=1S/C19H19N5O2/c1-26-14-5-2-11(3-6-14)17(20)18-23-16-7-4-12(13-9-21-22-10-13)8-15(16)19(25)24-18/h2-9,13,17,22H,10,20H2,1H3,(H,23,24,25). The van der Waals surface area contributed by atoms with Crippen molar-refractivity contribution in [3.8, 4) is 5.75 Å². The van der Waals surface area contributed by atoms with E-state index in [9.17, 15) is 4.79 Å². The molecule has 26 heavy (non-hydrogen) atoms. The largest absolute Gasteiger partial charge is 0.497 e. The van der Waals surface area contributed by atoms with E-state index in [-0.39, 0.29) is 11.5 Å². The molecule has 2 atom stereocenters.